The molecule has 1 aromatic rings. The van der Waals surface area contributed by atoms with Gasteiger partial charge in [-0.25, -0.2) is 0 Å². The number of rotatable bonds is 8. The summed E-state index contributed by atoms with van der Waals surface area (Å²) in [4.78, 5) is 2.48. The topological polar surface area (TPSA) is 28.4 Å². The molecule has 0 aliphatic heterocycles. The molecule has 1 heterocycles. The van der Waals surface area contributed by atoms with Gasteiger partial charge in [0.1, 0.15) is 0 Å². The minimum atomic E-state index is 0.744. The maximum Gasteiger partial charge on any atom is 0.0947 e. The van der Waals surface area contributed by atoms with E-state index in [0.29, 0.717) is 0 Å². The van der Waals surface area contributed by atoms with E-state index >= 15 is 0 Å². The first kappa shape index (κ1) is 13.3. The molecule has 0 aromatic carbocycles. The van der Waals surface area contributed by atoms with Crippen LogP contribution in [0.5, 0.6) is 0 Å². The van der Waals surface area contributed by atoms with Gasteiger partial charge in [0.05, 0.1) is 12.5 Å². The summed E-state index contributed by atoms with van der Waals surface area (Å²) in [7, 11) is 0. The van der Waals surface area contributed by atoms with Crippen LogP contribution in [0.2, 0.25) is 0 Å². The van der Waals surface area contributed by atoms with Crippen molar-refractivity contribution in [1.82, 2.24) is 10.2 Å². The molecule has 0 amide bonds. The Labute approximate surface area is 98.8 Å². The molecule has 0 fully saturated rings. The number of hydrogen-bond acceptors (Lipinski definition) is 3. The molecule has 92 valence electrons. The van der Waals surface area contributed by atoms with Crippen LogP contribution in [0.25, 0.3) is 0 Å². The van der Waals surface area contributed by atoms with Crippen LogP contribution in [-0.2, 0) is 6.54 Å². The van der Waals surface area contributed by atoms with Gasteiger partial charge < -0.3 is 14.6 Å². The molecule has 3 heteroatoms. The minimum absolute atomic E-state index is 0.744. The second kappa shape index (κ2) is 7.47. The second-order valence-corrected chi connectivity index (χ2v) is 4.60. The molecular formula is C13H24N2O. The van der Waals surface area contributed by atoms with Crippen LogP contribution in [0.15, 0.2) is 23.0 Å². The predicted molar refractivity (Wildman–Crippen MR) is 67.4 cm³/mol. The molecule has 0 atom stereocenters. The van der Waals surface area contributed by atoms with E-state index in [0.717, 1.165) is 32.1 Å². The average molecular weight is 224 g/mol. The Morgan fingerprint density at radius 3 is 2.81 bits per heavy atom. The molecule has 0 saturated carbocycles. The summed E-state index contributed by atoms with van der Waals surface area (Å²) in [6, 6.07) is 2.00. The summed E-state index contributed by atoms with van der Waals surface area (Å²) in [5.41, 5.74) is 1.21. The molecule has 0 unspecified atom stereocenters. The lowest BCUT2D eigenvalue weighted by molar-refractivity contribution is 0.256. The molecule has 1 N–H and O–H groups in total. The lowest BCUT2D eigenvalue weighted by Crippen LogP contribution is -2.34. The highest BCUT2D eigenvalue weighted by Gasteiger charge is 2.04. The zero-order valence-electron chi connectivity index (χ0n) is 10.7. The summed E-state index contributed by atoms with van der Waals surface area (Å²) in [5, 5.41) is 3.42. The SMILES string of the molecule is CCN(CCNCc1ccoc1)CC(C)C. The van der Waals surface area contributed by atoms with E-state index in [1.807, 2.05) is 6.07 Å². The van der Waals surface area contributed by atoms with Crippen LogP contribution in [0.4, 0.5) is 0 Å². The van der Waals surface area contributed by atoms with Gasteiger partial charge in [-0.2, -0.15) is 0 Å². The van der Waals surface area contributed by atoms with Crippen LogP contribution >= 0.6 is 0 Å². The third-order valence-corrected chi connectivity index (χ3v) is 2.58. The largest absolute Gasteiger partial charge is 0.472 e. The highest BCUT2D eigenvalue weighted by atomic mass is 16.3. The summed E-state index contributed by atoms with van der Waals surface area (Å²) in [6.07, 6.45) is 3.51. The van der Waals surface area contributed by atoms with Crippen LogP contribution in [0.1, 0.15) is 26.3 Å². The Morgan fingerprint density at radius 2 is 2.25 bits per heavy atom. The van der Waals surface area contributed by atoms with Gasteiger partial charge in [0, 0.05) is 31.7 Å². The van der Waals surface area contributed by atoms with E-state index < -0.39 is 0 Å². The lowest BCUT2D eigenvalue weighted by atomic mass is 10.2. The monoisotopic (exact) mass is 224 g/mol. The number of nitrogens with zero attached hydrogens (tertiary/aromatic N) is 1. The summed E-state index contributed by atoms with van der Waals surface area (Å²) >= 11 is 0. The number of nitrogens with one attached hydrogen (secondary N) is 1. The van der Waals surface area contributed by atoms with E-state index in [1.54, 1.807) is 12.5 Å². The average Bonchev–Trinajstić information content (AvgIpc) is 2.74. The van der Waals surface area contributed by atoms with Crippen LogP contribution in [-0.4, -0.2) is 31.1 Å². The van der Waals surface area contributed by atoms with Crippen molar-refractivity contribution in [3.63, 3.8) is 0 Å². The third-order valence-electron chi connectivity index (χ3n) is 2.58. The molecular weight excluding hydrogens is 200 g/mol. The summed E-state index contributed by atoms with van der Waals surface area (Å²) < 4.78 is 5.02. The fourth-order valence-corrected chi connectivity index (χ4v) is 1.76. The van der Waals surface area contributed by atoms with Gasteiger partial charge in [-0.05, 0) is 18.5 Å². The van der Waals surface area contributed by atoms with E-state index in [9.17, 15) is 0 Å². The first-order valence-corrected chi connectivity index (χ1v) is 6.16. The minimum Gasteiger partial charge on any atom is -0.472 e. The molecule has 1 rings (SSSR count). The van der Waals surface area contributed by atoms with Crippen molar-refractivity contribution < 1.29 is 4.42 Å². The van der Waals surface area contributed by atoms with Gasteiger partial charge in [0.25, 0.3) is 0 Å². The van der Waals surface area contributed by atoms with Crippen molar-refractivity contribution in [2.75, 3.05) is 26.2 Å². The van der Waals surface area contributed by atoms with E-state index in [-0.39, 0.29) is 0 Å². The van der Waals surface area contributed by atoms with Gasteiger partial charge in [-0.3, -0.25) is 0 Å². The molecule has 0 bridgehead atoms. The zero-order valence-corrected chi connectivity index (χ0v) is 10.7. The Morgan fingerprint density at radius 1 is 1.44 bits per heavy atom. The third kappa shape index (κ3) is 5.33. The number of likely N-dealkylation sites (N-methyl/N-ethyl adjacent to an activating group) is 1. The first-order valence-electron chi connectivity index (χ1n) is 6.16. The number of furan rings is 1. The van der Waals surface area contributed by atoms with Gasteiger partial charge in [-0.15, -0.1) is 0 Å². The smallest absolute Gasteiger partial charge is 0.0947 e. The van der Waals surface area contributed by atoms with Crippen LogP contribution in [0, 0.1) is 5.92 Å². The zero-order chi connectivity index (χ0) is 11.8. The Kier molecular flexibility index (Phi) is 6.19. The molecule has 0 aliphatic rings. The van der Waals surface area contributed by atoms with Gasteiger partial charge in [0.2, 0.25) is 0 Å². The van der Waals surface area contributed by atoms with E-state index in [4.69, 9.17) is 4.42 Å². The fourth-order valence-electron chi connectivity index (χ4n) is 1.76. The second-order valence-electron chi connectivity index (χ2n) is 4.60. The van der Waals surface area contributed by atoms with Crippen molar-refractivity contribution in [2.45, 2.75) is 27.3 Å². The predicted octanol–water partition coefficient (Wildman–Crippen LogP) is 2.35. The molecule has 16 heavy (non-hydrogen) atoms. The Balaban J connectivity index is 2.09. The molecule has 3 nitrogen and oxygen atoms in total. The molecule has 0 saturated heterocycles. The number of hydrogen-bond donors (Lipinski definition) is 1. The van der Waals surface area contributed by atoms with Crippen LogP contribution < -0.4 is 5.32 Å². The van der Waals surface area contributed by atoms with Gasteiger partial charge in [0.15, 0.2) is 0 Å². The summed E-state index contributed by atoms with van der Waals surface area (Å²) in [5.74, 6) is 0.744. The normalized spacial score (nSPS) is 11.6. The van der Waals surface area contributed by atoms with Crippen molar-refractivity contribution in [3.8, 4) is 0 Å². The quantitative estimate of drug-likeness (QED) is 0.687. The van der Waals surface area contributed by atoms with Gasteiger partial charge >= 0.3 is 0 Å². The highest BCUT2D eigenvalue weighted by molar-refractivity contribution is 5.04. The molecule has 0 spiro atoms. The maximum absolute atomic E-state index is 5.02. The lowest BCUT2D eigenvalue weighted by Gasteiger charge is -2.22. The van der Waals surface area contributed by atoms with Crippen LogP contribution in [0.3, 0.4) is 0 Å². The molecule has 0 aliphatic carbocycles. The maximum atomic E-state index is 5.02. The molecule has 0 radical (unpaired) electrons. The van der Waals surface area contributed by atoms with Crippen molar-refractivity contribution in [1.29, 1.82) is 0 Å². The van der Waals surface area contributed by atoms with Crippen molar-refractivity contribution >= 4 is 0 Å². The fraction of sp³-hybridized carbons (Fsp3) is 0.692. The Bertz CT molecular complexity index is 257. The highest BCUT2D eigenvalue weighted by Crippen LogP contribution is 1.99. The van der Waals surface area contributed by atoms with E-state index in [1.165, 1.54) is 12.1 Å². The van der Waals surface area contributed by atoms with Crippen molar-refractivity contribution in [2.24, 2.45) is 5.92 Å². The molecule has 1 aromatic heterocycles. The Hall–Kier alpha value is -0.800. The van der Waals surface area contributed by atoms with Crippen molar-refractivity contribution in [3.05, 3.63) is 24.2 Å². The van der Waals surface area contributed by atoms with Gasteiger partial charge in [-0.1, -0.05) is 20.8 Å². The first-order chi connectivity index (χ1) is 7.72. The van der Waals surface area contributed by atoms with E-state index in [2.05, 4.69) is 31.0 Å². The summed E-state index contributed by atoms with van der Waals surface area (Å²) in [6.45, 7) is 12.1. The standard InChI is InChI=1S/C13H24N2O/c1-4-15(10-12(2)3)7-6-14-9-13-5-8-16-11-13/h5,8,11-12,14H,4,6-7,9-10H2,1-3H3.